The van der Waals surface area contributed by atoms with Crippen LogP contribution in [0.1, 0.15) is 13.3 Å². The second-order valence-electron chi connectivity index (χ2n) is 4.95. The maximum absolute atomic E-state index is 12.8. The number of benzene rings is 1. The van der Waals surface area contributed by atoms with Gasteiger partial charge in [-0.2, -0.15) is 0 Å². The van der Waals surface area contributed by atoms with Crippen LogP contribution in [0.5, 0.6) is 5.75 Å². The van der Waals surface area contributed by atoms with Gasteiger partial charge in [0.25, 0.3) is 5.91 Å². The lowest BCUT2D eigenvalue weighted by atomic mass is 10.2. The minimum Gasteiger partial charge on any atom is -0.481 e. The summed E-state index contributed by atoms with van der Waals surface area (Å²) in [5.41, 5.74) is 0. The number of amides is 1. The van der Waals surface area contributed by atoms with Crippen molar-refractivity contribution in [2.24, 2.45) is 0 Å². The topological polar surface area (TPSA) is 87.1 Å². The van der Waals surface area contributed by atoms with Crippen LogP contribution in [-0.2, 0) is 9.59 Å². The van der Waals surface area contributed by atoms with Crippen LogP contribution in [-0.4, -0.2) is 51.8 Å². The molecule has 7 heteroatoms. The molecule has 0 bridgehead atoms. The zero-order valence-electron chi connectivity index (χ0n) is 11.4. The molecule has 0 radical (unpaired) electrons. The average Bonchev–Trinajstić information content (AvgIpc) is 2.82. The molecule has 2 N–H and O–H groups in total. The molecule has 6 nitrogen and oxygen atoms in total. The minimum absolute atomic E-state index is 0.00431. The molecule has 0 aromatic heterocycles. The number of carboxylic acids is 1. The van der Waals surface area contributed by atoms with Crippen molar-refractivity contribution in [3.8, 4) is 5.75 Å². The van der Waals surface area contributed by atoms with E-state index < -0.39 is 35.9 Å². The number of carbonyl (C=O) groups excluding carboxylic acids is 1. The van der Waals surface area contributed by atoms with Crippen LogP contribution in [0.25, 0.3) is 0 Å². The summed E-state index contributed by atoms with van der Waals surface area (Å²) in [6.07, 6.45) is -1.78. The van der Waals surface area contributed by atoms with E-state index in [1.54, 1.807) is 0 Å². The van der Waals surface area contributed by atoms with Gasteiger partial charge in [-0.3, -0.25) is 4.79 Å². The molecule has 1 fully saturated rings. The van der Waals surface area contributed by atoms with E-state index in [1.807, 2.05) is 0 Å². The van der Waals surface area contributed by atoms with Crippen molar-refractivity contribution in [3.05, 3.63) is 30.1 Å². The van der Waals surface area contributed by atoms with Gasteiger partial charge >= 0.3 is 5.97 Å². The SMILES string of the molecule is CC(Oc1ccc(F)cc1)C(=O)N1C[C@@H](O)C[C@H]1C(=O)O. The van der Waals surface area contributed by atoms with E-state index in [0.717, 1.165) is 4.90 Å². The molecule has 1 aromatic rings. The van der Waals surface area contributed by atoms with Crippen LogP contribution in [0, 0.1) is 5.82 Å². The third-order valence-corrected chi connectivity index (χ3v) is 3.32. The zero-order chi connectivity index (χ0) is 15.6. The van der Waals surface area contributed by atoms with Crippen molar-refractivity contribution < 1.29 is 28.9 Å². The summed E-state index contributed by atoms with van der Waals surface area (Å²) in [7, 11) is 0. The summed E-state index contributed by atoms with van der Waals surface area (Å²) in [6, 6.07) is 4.12. The summed E-state index contributed by atoms with van der Waals surface area (Å²) < 4.78 is 18.2. The van der Waals surface area contributed by atoms with Gasteiger partial charge in [0.2, 0.25) is 0 Å². The average molecular weight is 297 g/mol. The van der Waals surface area contributed by atoms with Gasteiger partial charge in [0.05, 0.1) is 6.10 Å². The maximum atomic E-state index is 12.8. The first kappa shape index (κ1) is 15.2. The Labute approximate surface area is 120 Å². The third-order valence-electron chi connectivity index (χ3n) is 3.32. The number of aliphatic hydroxyl groups is 1. The van der Waals surface area contributed by atoms with Crippen molar-refractivity contribution in [1.29, 1.82) is 0 Å². The molecular formula is C14H16FNO5. The molecule has 1 unspecified atom stereocenters. The highest BCUT2D eigenvalue weighted by Gasteiger charge is 2.40. The lowest BCUT2D eigenvalue weighted by Gasteiger charge is -2.25. The lowest BCUT2D eigenvalue weighted by molar-refractivity contribution is -0.150. The highest BCUT2D eigenvalue weighted by molar-refractivity contribution is 5.87. The fourth-order valence-corrected chi connectivity index (χ4v) is 2.29. The predicted molar refractivity (Wildman–Crippen MR) is 70.3 cm³/mol. The number of carboxylic acid groups (broad SMARTS) is 1. The Balaban J connectivity index is 2.04. The largest absolute Gasteiger partial charge is 0.481 e. The Bertz CT molecular complexity index is 533. The normalized spacial score (nSPS) is 22.9. The Morgan fingerprint density at radius 2 is 2.00 bits per heavy atom. The molecule has 21 heavy (non-hydrogen) atoms. The van der Waals surface area contributed by atoms with E-state index in [4.69, 9.17) is 9.84 Å². The number of ether oxygens (including phenoxy) is 1. The second kappa shape index (κ2) is 6.09. The highest BCUT2D eigenvalue weighted by Crippen LogP contribution is 2.21. The van der Waals surface area contributed by atoms with Crippen molar-refractivity contribution >= 4 is 11.9 Å². The number of aliphatic hydroxyl groups excluding tert-OH is 1. The van der Waals surface area contributed by atoms with Crippen molar-refractivity contribution in [3.63, 3.8) is 0 Å². The van der Waals surface area contributed by atoms with Crippen molar-refractivity contribution in [2.75, 3.05) is 6.54 Å². The number of β-amino-alcohol motifs (C(OH)–C–C–N with tert-alkyl or cyclic N) is 1. The van der Waals surface area contributed by atoms with Crippen LogP contribution in [0.4, 0.5) is 4.39 Å². The van der Waals surface area contributed by atoms with Gasteiger partial charge in [-0.25, -0.2) is 9.18 Å². The molecule has 2 rings (SSSR count). The van der Waals surface area contributed by atoms with Gasteiger partial charge in [-0.05, 0) is 31.2 Å². The second-order valence-corrected chi connectivity index (χ2v) is 4.95. The smallest absolute Gasteiger partial charge is 0.326 e. The first-order chi connectivity index (χ1) is 9.88. The number of aliphatic carboxylic acids is 1. The number of hydrogen-bond donors (Lipinski definition) is 2. The first-order valence-electron chi connectivity index (χ1n) is 6.52. The predicted octanol–water partition coefficient (Wildman–Crippen LogP) is 0.639. The molecule has 3 atom stereocenters. The molecule has 0 spiro atoms. The Morgan fingerprint density at radius 3 is 2.57 bits per heavy atom. The number of halogens is 1. The Morgan fingerprint density at radius 1 is 1.38 bits per heavy atom. The maximum Gasteiger partial charge on any atom is 0.326 e. The van der Waals surface area contributed by atoms with E-state index in [0.29, 0.717) is 5.75 Å². The molecule has 1 saturated heterocycles. The monoisotopic (exact) mass is 297 g/mol. The van der Waals surface area contributed by atoms with E-state index in [-0.39, 0.29) is 13.0 Å². The molecule has 1 heterocycles. The summed E-state index contributed by atoms with van der Waals surface area (Å²) >= 11 is 0. The molecule has 1 aliphatic heterocycles. The number of nitrogens with zero attached hydrogens (tertiary/aromatic N) is 1. The summed E-state index contributed by atoms with van der Waals surface area (Å²) in [5.74, 6) is -1.80. The molecule has 0 saturated carbocycles. The molecule has 0 aliphatic carbocycles. The van der Waals surface area contributed by atoms with Crippen LogP contribution in [0.2, 0.25) is 0 Å². The summed E-state index contributed by atoms with van der Waals surface area (Å²) in [6.45, 7) is 1.45. The fourth-order valence-electron chi connectivity index (χ4n) is 2.29. The molecule has 114 valence electrons. The fraction of sp³-hybridized carbons (Fsp3) is 0.429. The molecular weight excluding hydrogens is 281 g/mol. The van der Waals surface area contributed by atoms with Gasteiger partial charge in [-0.15, -0.1) is 0 Å². The van der Waals surface area contributed by atoms with E-state index in [2.05, 4.69) is 0 Å². The minimum atomic E-state index is -1.16. The molecule has 1 amide bonds. The van der Waals surface area contributed by atoms with E-state index in [9.17, 15) is 19.1 Å². The Hall–Kier alpha value is -2.15. The van der Waals surface area contributed by atoms with Gasteiger partial charge in [0, 0.05) is 13.0 Å². The van der Waals surface area contributed by atoms with E-state index in [1.165, 1.54) is 31.2 Å². The summed E-state index contributed by atoms with van der Waals surface area (Å²) in [5, 5.41) is 18.6. The summed E-state index contributed by atoms with van der Waals surface area (Å²) in [4.78, 5) is 24.4. The zero-order valence-corrected chi connectivity index (χ0v) is 11.4. The van der Waals surface area contributed by atoms with Crippen molar-refractivity contribution in [1.82, 2.24) is 4.90 Å². The third kappa shape index (κ3) is 3.49. The Kier molecular flexibility index (Phi) is 4.42. The van der Waals surface area contributed by atoms with Crippen molar-refractivity contribution in [2.45, 2.75) is 31.6 Å². The quantitative estimate of drug-likeness (QED) is 0.851. The van der Waals surface area contributed by atoms with Crippen LogP contribution in [0.3, 0.4) is 0 Å². The van der Waals surface area contributed by atoms with Gasteiger partial charge in [0.1, 0.15) is 17.6 Å². The van der Waals surface area contributed by atoms with Gasteiger partial charge in [-0.1, -0.05) is 0 Å². The molecule has 1 aliphatic rings. The highest BCUT2D eigenvalue weighted by atomic mass is 19.1. The first-order valence-corrected chi connectivity index (χ1v) is 6.52. The number of rotatable bonds is 4. The van der Waals surface area contributed by atoms with Crippen LogP contribution < -0.4 is 4.74 Å². The van der Waals surface area contributed by atoms with Gasteiger partial charge < -0.3 is 19.8 Å². The van der Waals surface area contributed by atoms with Gasteiger partial charge in [0.15, 0.2) is 6.10 Å². The van der Waals surface area contributed by atoms with E-state index >= 15 is 0 Å². The van der Waals surface area contributed by atoms with Crippen LogP contribution >= 0.6 is 0 Å². The number of likely N-dealkylation sites (tertiary alicyclic amines) is 1. The number of carbonyl (C=O) groups is 2. The molecule has 1 aromatic carbocycles. The lowest BCUT2D eigenvalue weighted by Crippen LogP contribution is -2.46. The standard InChI is InChI=1S/C14H16FNO5/c1-8(21-11-4-2-9(15)3-5-11)13(18)16-7-10(17)6-12(16)14(19)20/h2-5,8,10,12,17H,6-7H2,1H3,(H,19,20)/t8?,10-,12-/m0/s1. The number of hydrogen-bond acceptors (Lipinski definition) is 4. The van der Waals surface area contributed by atoms with Crippen LogP contribution in [0.15, 0.2) is 24.3 Å².